The van der Waals surface area contributed by atoms with Crippen LogP contribution in [0, 0.1) is 10.1 Å². The van der Waals surface area contributed by atoms with Gasteiger partial charge in [0.1, 0.15) is 5.65 Å². The number of hydrogen-bond acceptors (Lipinski definition) is 5. The molecule has 0 saturated heterocycles. The van der Waals surface area contributed by atoms with Crippen LogP contribution in [-0.2, 0) is 0 Å². The molecule has 7 heteroatoms. The number of benzene rings is 3. The van der Waals surface area contributed by atoms with Gasteiger partial charge in [0.05, 0.1) is 21.3 Å². The average Bonchev–Trinajstić information content (AvgIpc) is 2.98. The molecule has 0 radical (unpaired) electrons. The Kier molecular flexibility index (Phi) is 2.42. The first-order chi connectivity index (χ1) is 12.1. The van der Waals surface area contributed by atoms with Crippen LogP contribution in [0.5, 0.6) is 5.75 Å². The Morgan fingerprint density at radius 2 is 1.76 bits per heavy atom. The molecule has 0 spiro atoms. The Morgan fingerprint density at radius 1 is 1.00 bits per heavy atom. The molecule has 5 aromatic rings. The van der Waals surface area contributed by atoms with Crippen LogP contribution in [0.2, 0.25) is 0 Å². The molecule has 0 aliphatic rings. The topological polar surface area (TPSA) is 101 Å². The molecule has 2 heterocycles. The third-order valence-electron chi connectivity index (χ3n) is 4.52. The monoisotopic (exact) mass is 330 g/mol. The van der Waals surface area contributed by atoms with Crippen molar-refractivity contribution in [3.63, 3.8) is 0 Å². The van der Waals surface area contributed by atoms with Gasteiger partial charge in [0.2, 0.25) is 0 Å². The zero-order chi connectivity index (χ0) is 17.3. The van der Waals surface area contributed by atoms with Gasteiger partial charge < -0.3 is 5.11 Å². The fourth-order valence-electron chi connectivity index (χ4n) is 3.52. The predicted molar refractivity (Wildman–Crippen MR) is 91.3 cm³/mol. The number of para-hydroxylation sites is 2. The van der Waals surface area contributed by atoms with E-state index in [2.05, 4.69) is 4.98 Å². The van der Waals surface area contributed by atoms with Crippen molar-refractivity contribution in [2.24, 2.45) is 0 Å². The van der Waals surface area contributed by atoms with Crippen molar-refractivity contribution < 1.29 is 10.0 Å². The highest BCUT2D eigenvalue weighted by molar-refractivity contribution is 6.18. The molecule has 0 fully saturated rings. The van der Waals surface area contributed by atoms with Gasteiger partial charge in [-0.15, -0.1) is 0 Å². The standard InChI is InChI=1S/C18H9N3O4/c22-14-8-11-15-9(16(14)21(24)25)4-3-5-10(15)17-19-12-6-1-2-7-13(12)20(17)18(11)23/h1-8,22H/p-1. The highest BCUT2D eigenvalue weighted by Gasteiger charge is 2.21. The molecule has 2 aromatic heterocycles. The zero-order valence-corrected chi connectivity index (χ0v) is 12.6. The van der Waals surface area contributed by atoms with E-state index in [4.69, 9.17) is 0 Å². The number of pyridine rings is 1. The van der Waals surface area contributed by atoms with Crippen LogP contribution in [0.3, 0.4) is 0 Å². The largest absolute Gasteiger partial charge is 0.868 e. The maximum Gasteiger partial charge on any atom is 0.269 e. The number of imidazole rings is 1. The average molecular weight is 330 g/mol. The van der Waals surface area contributed by atoms with E-state index in [1.165, 1.54) is 10.5 Å². The number of fused-ring (bicyclic) bond motifs is 4. The summed E-state index contributed by atoms with van der Waals surface area (Å²) in [5.74, 6) is -0.772. The summed E-state index contributed by atoms with van der Waals surface area (Å²) in [7, 11) is 0. The lowest BCUT2D eigenvalue weighted by atomic mass is 10.0. The molecule has 0 aliphatic carbocycles. The lowest BCUT2D eigenvalue weighted by molar-refractivity contribution is -0.396. The summed E-state index contributed by atoms with van der Waals surface area (Å²) in [5.41, 5.74) is 0.790. The van der Waals surface area contributed by atoms with E-state index >= 15 is 0 Å². The second-order valence-corrected chi connectivity index (χ2v) is 5.82. The van der Waals surface area contributed by atoms with Crippen molar-refractivity contribution in [1.29, 1.82) is 0 Å². The summed E-state index contributed by atoms with van der Waals surface area (Å²) in [5, 5.41) is 24.9. The molecule has 0 N–H and O–H groups in total. The van der Waals surface area contributed by atoms with Crippen LogP contribution >= 0.6 is 0 Å². The van der Waals surface area contributed by atoms with Gasteiger partial charge in [-0.2, -0.15) is 0 Å². The summed E-state index contributed by atoms with van der Waals surface area (Å²) >= 11 is 0. The van der Waals surface area contributed by atoms with Crippen molar-refractivity contribution in [1.82, 2.24) is 9.38 Å². The minimum Gasteiger partial charge on any atom is -0.868 e. The number of rotatable bonds is 1. The van der Waals surface area contributed by atoms with Gasteiger partial charge in [-0.3, -0.25) is 19.3 Å². The van der Waals surface area contributed by atoms with Crippen molar-refractivity contribution in [2.75, 3.05) is 0 Å². The Hall–Kier alpha value is -3.74. The smallest absolute Gasteiger partial charge is 0.269 e. The van der Waals surface area contributed by atoms with Gasteiger partial charge in [0.15, 0.2) is 0 Å². The zero-order valence-electron chi connectivity index (χ0n) is 12.6. The number of aromatic nitrogens is 2. The molecular formula is C18H8N3O4-. The normalized spacial score (nSPS) is 11.8. The van der Waals surface area contributed by atoms with E-state index in [0.29, 0.717) is 27.5 Å². The van der Waals surface area contributed by atoms with Crippen molar-refractivity contribution >= 4 is 43.9 Å². The van der Waals surface area contributed by atoms with Gasteiger partial charge >= 0.3 is 0 Å². The fraction of sp³-hybridized carbons (Fsp3) is 0. The molecule has 0 saturated carbocycles. The van der Waals surface area contributed by atoms with Crippen molar-refractivity contribution in [3.05, 3.63) is 69.0 Å². The third kappa shape index (κ3) is 1.59. The van der Waals surface area contributed by atoms with Gasteiger partial charge in [-0.1, -0.05) is 24.3 Å². The Balaban J connectivity index is 2.19. The fourth-order valence-corrected chi connectivity index (χ4v) is 3.52. The first-order valence-corrected chi connectivity index (χ1v) is 7.51. The lowest BCUT2D eigenvalue weighted by Crippen LogP contribution is -2.14. The Morgan fingerprint density at radius 3 is 2.56 bits per heavy atom. The molecular weight excluding hydrogens is 322 g/mol. The van der Waals surface area contributed by atoms with Crippen LogP contribution in [-0.4, -0.2) is 14.3 Å². The van der Waals surface area contributed by atoms with E-state index < -0.39 is 21.9 Å². The van der Waals surface area contributed by atoms with E-state index in [9.17, 15) is 20.0 Å². The molecule has 25 heavy (non-hydrogen) atoms. The van der Waals surface area contributed by atoms with Crippen LogP contribution in [0.25, 0.3) is 38.2 Å². The SMILES string of the molecule is O=c1c2cc([O-])c([N+](=O)[O-])c3cccc(c32)c2nc3ccccc3n12. The van der Waals surface area contributed by atoms with E-state index in [1.807, 2.05) is 6.07 Å². The van der Waals surface area contributed by atoms with Crippen LogP contribution < -0.4 is 10.7 Å². The van der Waals surface area contributed by atoms with Gasteiger partial charge in [0, 0.05) is 16.2 Å². The molecule has 120 valence electrons. The van der Waals surface area contributed by atoms with Crippen LogP contribution in [0.4, 0.5) is 5.69 Å². The summed E-state index contributed by atoms with van der Waals surface area (Å²) < 4.78 is 1.46. The summed E-state index contributed by atoms with van der Waals surface area (Å²) in [6.45, 7) is 0. The first kappa shape index (κ1) is 13.7. The highest BCUT2D eigenvalue weighted by Crippen LogP contribution is 2.38. The highest BCUT2D eigenvalue weighted by atomic mass is 16.6. The molecule has 3 aromatic carbocycles. The van der Waals surface area contributed by atoms with Gasteiger partial charge in [0.25, 0.3) is 11.2 Å². The first-order valence-electron chi connectivity index (χ1n) is 7.51. The molecule has 5 rings (SSSR count). The summed E-state index contributed by atoms with van der Waals surface area (Å²) in [6.07, 6.45) is 0. The Bertz CT molecular complexity index is 1400. The number of hydrogen-bond donors (Lipinski definition) is 0. The van der Waals surface area contributed by atoms with E-state index in [0.717, 1.165) is 6.07 Å². The molecule has 0 atom stereocenters. The summed E-state index contributed by atoms with van der Waals surface area (Å²) in [6, 6.07) is 13.1. The molecule has 0 bridgehead atoms. The van der Waals surface area contributed by atoms with Gasteiger partial charge in [-0.05, 0) is 30.0 Å². The summed E-state index contributed by atoms with van der Waals surface area (Å²) in [4.78, 5) is 28.2. The minimum absolute atomic E-state index is 0.164. The van der Waals surface area contributed by atoms with Crippen molar-refractivity contribution in [2.45, 2.75) is 0 Å². The predicted octanol–water partition coefficient (Wildman–Crippen LogP) is 2.57. The second kappa shape index (κ2) is 4.41. The third-order valence-corrected chi connectivity index (χ3v) is 4.52. The molecule has 0 unspecified atom stereocenters. The molecule has 0 amide bonds. The lowest BCUT2D eigenvalue weighted by Gasteiger charge is -2.13. The minimum atomic E-state index is -0.772. The van der Waals surface area contributed by atoms with Crippen molar-refractivity contribution in [3.8, 4) is 5.75 Å². The maximum atomic E-state index is 13.0. The number of nitro benzene ring substituents is 1. The number of nitro groups is 1. The van der Waals surface area contributed by atoms with Crippen LogP contribution in [0.15, 0.2) is 53.3 Å². The van der Waals surface area contributed by atoms with E-state index in [-0.39, 0.29) is 10.8 Å². The Labute approximate surface area is 138 Å². The maximum absolute atomic E-state index is 13.0. The number of nitrogens with zero attached hydrogens (tertiary/aromatic N) is 3. The van der Waals surface area contributed by atoms with Gasteiger partial charge in [-0.25, -0.2) is 4.98 Å². The van der Waals surface area contributed by atoms with E-state index in [1.54, 1.807) is 30.3 Å². The van der Waals surface area contributed by atoms with Crippen LogP contribution in [0.1, 0.15) is 0 Å². The second-order valence-electron chi connectivity index (χ2n) is 5.82. The quantitative estimate of drug-likeness (QED) is 0.347. The molecule has 7 nitrogen and oxygen atoms in total. The molecule has 0 aliphatic heterocycles.